The summed E-state index contributed by atoms with van der Waals surface area (Å²) in [6.45, 7) is 4.44. The van der Waals surface area contributed by atoms with E-state index in [4.69, 9.17) is 9.47 Å². The van der Waals surface area contributed by atoms with Gasteiger partial charge >= 0.3 is 0 Å². The number of nitrogens with zero attached hydrogens (tertiary/aromatic N) is 4. The zero-order chi connectivity index (χ0) is 25.2. The van der Waals surface area contributed by atoms with Crippen molar-refractivity contribution in [2.45, 2.75) is 38.8 Å². The SMILES string of the molecule is Cc1nn(C)cc1CN(C)C(Cc1ccc(F)cc1)C1CCN(C(=O)c2ccc3c(c2)OCO3)CC1. The molecule has 2 aliphatic heterocycles. The van der Waals surface area contributed by atoms with Crippen LogP contribution in [0.5, 0.6) is 11.5 Å². The number of likely N-dealkylation sites (tertiary alicyclic amines) is 1. The molecule has 0 saturated carbocycles. The van der Waals surface area contributed by atoms with Crippen LogP contribution in [0.1, 0.15) is 40.0 Å². The molecule has 1 saturated heterocycles. The third-order valence-corrected chi connectivity index (χ3v) is 7.45. The highest BCUT2D eigenvalue weighted by Gasteiger charge is 2.32. The number of aryl methyl sites for hydroxylation is 2. The zero-order valence-electron chi connectivity index (χ0n) is 21.1. The average Bonchev–Trinajstić information content (AvgIpc) is 3.48. The highest BCUT2D eigenvalue weighted by molar-refractivity contribution is 5.95. The summed E-state index contributed by atoms with van der Waals surface area (Å²) in [5.74, 6) is 1.53. The minimum absolute atomic E-state index is 0.0289. The Morgan fingerprint density at radius 1 is 1.14 bits per heavy atom. The van der Waals surface area contributed by atoms with Crippen molar-refractivity contribution in [3.8, 4) is 11.5 Å². The molecule has 0 radical (unpaired) electrons. The van der Waals surface area contributed by atoms with Gasteiger partial charge in [-0.25, -0.2) is 4.39 Å². The Morgan fingerprint density at radius 2 is 1.86 bits per heavy atom. The molecule has 1 aromatic heterocycles. The van der Waals surface area contributed by atoms with Gasteiger partial charge in [-0.3, -0.25) is 14.4 Å². The molecule has 2 aliphatic rings. The molecule has 1 fully saturated rings. The van der Waals surface area contributed by atoms with E-state index in [2.05, 4.69) is 23.2 Å². The first kappa shape index (κ1) is 24.3. The van der Waals surface area contributed by atoms with Gasteiger partial charge in [-0.15, -0.1) is 0 Å². The van der Waals surface area contributed by atoms with Crippen molar-refractivity contribution in [2.24, 2.45) is 13.0 Å². The fourth-order valence-corrected chi connectivity index (χ4v) is 5.43. The Morgan fingerprint density at radius 3 is 2.56 bits per heavy atom. The molecule has 3 heterocycles. The van der Waals surface area contributed by atoms with Crippen LogP contribution >= 0.6 is 0 Å². The number of likely N-dealkylation sites (N-methyl/N-ethyl adjacent to an activating group) is 1. The van der Waals surface area contributed by atoms with E-state index in [1.807, 2.05) is 41.8 Å². The molecule has 36 heavy (non-hydrogen) atoms. The number of fused-ring (bicyclic) bond motifs is 1. The molecular weight excluding hydrogens is 459 g/mol. The minimum atomic E-state index is -0.218. The van der Waals surface area contributed by atoms with Crippen molar-refractivity contribution in [2.75, 3.05) is 26.9 Å². The predicted octanol–water partition coefficient (Wildman–Crippen LogP) is 4.19. The highest BCUT2D eigenvalue weighted by Crippen LogP contribution is 2.34. The second kappa shape index (κ2) is 10.3. The van der Waals surface area contributed by atoms with Gasteiger partial charge in [0, 0.05) is 50.0 Å². The number of hydrogen-bond donors (Lipinski definition) is 0. The van der Waals surface area contributed by atoms with Gasteiger partial charge in [-0.1, -0.05) is 12.1 Å². The number of carbonyl (C=O) groups is 1. The van der Waals surface area contributed by atoms with Crippen LogP contribution < -0.4 is 9.47 Å². The summed E-state index contributed by atoms with van der Waals surface area (Å²) in [5.41, 5.74) is 3.99. The maximum Gasteiger partial charge on any atom is 0.253 e. The molecule has 190 valence electrons. The number of rotatable bonds is 7. The Hall–Kier alpha value is -3.39. The van der Waals surface area contributed by atoms with Gasteiger partial charge in [-0.2, -0.15) is 5.10 Å². The summed E-state index contributed by atoms with van der Waals surface area (Å²) in [7, 11) is 4.10. The summed E-state index contributed by atoms with van der Waals surface area (Å²) >= 11 is 0. The van der Waals surface area contributed by atoms with Crippen LogP contribution in [0, 0.1) is 18.7 Å². The summed E-state index contributed by atoms with van der Waals surface area (Å²) in [6.07, 6.45) is 4.74. The zero-order valence-corrected chi connectivity index (χ0v) is 21.1. The largest absolute Gasteiger partial charge is 0.454 e. The standard InChI is InChI=1S/C28H33FN4O3/c1-19-23(17-32(3)30-19)16-31(2)25(14-20-4-7-24(29)8-5-20)21-10-12-33(13-11-21)28(34)22-6-9-26-27(15-22)36-18-35-26/h4-9,15,17,21,25H,10-14,16,18H2,1-3H3. The molecule has 8 heteroatoms. The van der Waals surface area contributed by atoms with Gasteiger partial charge in [0.2, 0.25) is 6.79 Å². The van der Waals surface area contributed by atoms with E-state index in [0.29, 0.717) is 36.1 Å². The number of carbonyl (C=O) groups excluding carboxylic acids is 1. The van der Waals surface area contributed by atoms with Crippen LogP contribution in [0.2, 0.25) is 0 Å². The van der Waals surface area contributed by atoms with Gasteiger partial charge in [0.15, 0.2) is 11.5 Å². The number of ether oxygens (including phenoxy) is 2. The lowest BCUT2D eigenvalue weighted by atomic mass is 9.84. The van der Waals surface area contributed by atoms with E-state index in [1.54, 1.807) is 12.1 Å². The number of aromatic nitrogens is 2. The van der Waals surface area contributed by atoms with E-state index in [1.165, 1.54) is 17.7 Å². The lowest BCUT2D eigenvalue weighted by molar-refractivity contribution is 0.0602. The van der Waals surface area contributed by atoms with Crippen LogP contribution in [0.25, 0.3) is 0 Å². The van der Waals surface area contributed by atoms with E-state index >= 15 is 0 Å². The Balaban J connectivity index is 1.28. The second-order valence-corrected chi connectivity index (χ2v) is 9.92. The van der Waals surface area contributed by atoms with Crippen LogP contribution in [0.15, 0.2) is 48.7 Å². The Kier molecular flexibility index (Phi) is 6.96. The lowest BCUT2D eigenvalue weighted by Crippen LogP contribution is -2.46. The highest BCUT2D eigenvalue weighted by atomic mass is 19.1. The minimum Gasteiger partial charge on any atom is -0.454 e. The van der Waals surface area contributed by atoms with Crippen LogP contribution in [0.3, 0.4) is 0 Å². The van der Waals surface area contributed by atoms with Gasteiger partial charge in [0.25, 0.3) is 5.91 Å². The van der Waals surface area contributed by atoms with Crippen LogP contribution in [-0.4, -0.2) is 58.5 Å². The number of amides is 1. The first-order valence-corrected chi connectivity index (χ1v) is 12.5. The number of benzene rings is 2. The first-order chi connectivity index (χ1) is 17.4. The molecule has 0 N–H and O–H groups in total. The fraction of sp³-hybridized carbons (Fsp3) is 0.429. The molecule has 0 bridgehead atoms. The molecule has 1 amide bonds. The van der Waals surface area contributed by atoms with Crippen molar-refractivity contribution < 1.29 is 18.7 Å². The van der Waals surface area contributed by atoms with Gasteiger partial charge in [0.1, 0.15) is 5.82 Å². The van der Waals surface area contributed by atoms with Crippen molar-refractivity contribution in [1.29, 1.82) is 0 Å². The molecule has 3 aromatic rings. The summed E-state index contributed by atoms with van der Waals surface area (Å²) in [5, 5.41) is 4.50. The molecule has 7 nitrogen and oxygen atoms in total. The summed E-state index contributed by atoms with van der Waals surface area (Å²) < 4.78 is 26.2. The van der Waals surface area contributed by atoms with Gasteiger partial charge in [0.05, 0.1) is 5.69 Å². The van der Waals surface area contributed by atoms with E-state index < -0.39 is 0 Å². The van der Waals surface area contributed by atoms with E-state index in [0.717, 1.165) is 37.1 Å². The first-order valence-electron chi connectivity index (χ1n) is 12.5. The fourth-order valence-electron chi connectivity index (χ4n) is 5.43. The summed E-state index contributed by atoms with van der Waals surface area (Å²) in [6, 6.07) is 12.5. The maximum atomic E-state index is 13.5. The van der Waals surface area contributed by atoms with Gasteiger partial charge in [-0.05, 0) is 75.0 Å². The van der Waals surface area contributed by atoms with Crippen LogP contribution in [0.4, 0.5) is 4.39 Å². The lowest BCUT2D eigenvalue weighted by Gasteiger charge is -2.40. The number of piperidine rings is 1. The van der Waals surface area contributed by atoms with E-state index in [9.17, 15) is 9.18 Å². The predicted molar refractivity (Wildman–Crippen MR) is 134 cm³/mol. The van der Waals surface area contributed by atoms with Crippen molar-refractivity contribution >= 4 is 5.91 Å². The van der Waals surface area contributed by atoms with Crippen molar-refractivity contribution in [3.63, 3.8) is 0 Å². The normalized spacial score (nSPS) is 16.5. The van der Waals surface area contributed by atoms with Crippen molar-refractivity contribution in [1.82, 2.24) is 19.6 Å². The smallest absolute Gasteiger partial charge is 0.253 e. The van der Waals surface area contributed by atoms with Gasteiger partial charge < -0.3 is 14.4 Å². The van der Waals surface area contributed by atoms with Crippen molar-refractivity contribution in [3.05, 3.63) is 76.9 Å². The number of halogens is 1. The topological polar surface area (TPSA) is 59.8 Å². The molecular formula is C28H33FN4O3. The Bertz CT molecular complexity index is 1220. The monoisotopic (exact) mass is 492 g/mol. The summed E-state index contributed by atoms with van der Waals surface area (Å²) in [4.78, 5) is 17.5. The molecule has 1 unspecified atom stereocenters. The third-order valence-electron chi connectivity index (χ3n) is 7.45. The third kappa shape index (κ3) is 5.23. The second-order valence-electron chi connectivity index (χ2n) is 9.92. The van der Waals surface area contributed by atoms with E-state index in [-0.39, 0.29) is 24.6 Å². The quantitative estimate of drug-likeness (QED) is 0.495. The molecule has 2 aromatic carbocycles. The molecule has 0 aliphatic carbocycles. The van der Waals surface area contributed by atoms with Crippen LogP contribution in [-0.2, 0) is 20.0 Å². The number of hydrogen-bond acceptors (Lipinski definition) is 5. The average molecular weight is 493 g/mol. The molecule has 1 atom stereocenters. The maximum absolute atomic E-state index is 13.5. The molecule has 5 rings (SSSR count). The Labute approximate surface area is 211 Å². The molecule has 0 spiro atoms.